The molecular weight excluding hydrogens is 222 g/mol. The summed E-state index contributed by atoms with van der Waals surface area (Å²) >= 11 is 0. The van der Waals surface area contributed by atoms with E-state index in [1.807, 2.05) is 0 Å². The minimum Gasteiger partial charge on any atom is -0.465 e. The second kappa shape index (κ2) is 5.25. The summed E-state index contributed by atoms with van der Waals surface area (Å²) in [7, 11) is 2.69. The molecule has 0 aliphatic heterocycles. The second-order valence-electron chi connectivity index (χ2n) is 3.43. The third-order valence-electron chi connectivity index (χ3n) is 2.28. The van der Waals surface area contributed by atoms with Crippen LogP contribution >= 0.6 is 0 Å². The summed E-state index contributed by atoms with van der Waals surface area (Å²) in [4.78, 5) is 35.2. The van der Waals surface area contributed by atoms with Gasteiger partial charge in [-0.1, -0.05) is 12.1 Å². The zero-order chi connectivity index (χ0) is 13.0. The SMILES string of the molecule is COC(=O)c1ccccc1N(C)C(=O)C(C)=O. The Hall–Kier alpha value is -2.17. The highest BCUT2D eigenvalue weighted by Crippen LogP contribution is 2.20. The van der Waals surface area contributed by atoms with E-state index >= 15 is 0 Å². The average Bonchev–Trinajstić information content (AvgIpc) is 2.35. The second-order valence-corrected chi connectivity index (χ2v) is 3.43. The highest BCUT2D eigenvalue weighted by Gasteiger charge is 2.20. The van der Waals surface area contributed by atoms with E-state index in [2.05, 4.69) is 4.74 Å². The Labute approximate surface area is 99.0 Å². The van der Waals surface area contributed by atoms with Gasteiger partial charge in [-0.2, -0.15) is 0 Å². The van der Waals surface area contributed by atoms with Crippen LogP contribution in [0.4, 0.5) is 5.69 Å². The number of nitrogens with zero attached hydrogens (tertiary/aromatic N) is 1. The van der Waals surface area contributed by atoms with Crippen LogP contribution in [0, 0.1) is 0 Å². The fraction of sp³-hybridized carbons (Fsp3) is 0.250. The van der Waals surface area contributed by atoms with Gasteiger partial charge >= 0.3 is 5.97 Å². The summed E-state index contributed by atoms with van der Waals surface area (Å²) in [5.41, 5.74) is 0.589. The summed E-state index contributed by atoms with van der Waals surface area (Å²) in [6.07, 6.45) is 0. The molecule has 0 spiro atoms. The van der Waals surface area contributed by atoms with Crippen LogP contribution < -0.4 is 4.90 Å². The van der Waals surface area contributed by atoms with Gasteiger partial charge in [-0.3, -0.25) is 9.59 Å². The van der Waals surface area contributed by atoms with Crippen LogP contribution in [0.1, 0.15) is 17.3 Å². The highest BCUT2D eigenvalue weighted by molar-refractivity contribution is 6.40. The number of methoxy groups -OCH3 is 1. The standard InChI is InChI=1S/C12H13NO4/c1-8(14)11(15)13(2)10-7-5-4-6-9(10)12(16)17-3/h4-7H,1-3H3. The molecule has 0 aliphatic carbocycles. The lowest BCUT2D eigenvalue weighted by molar-refractivity contribution is -0.134. The van der Waals surface area contributed by atoms with Crippen LogP contribution in [0.2, 0.25) is 0 Å². The van der Waals surface area contributed by atoms with Crippen molar-refractivity contribution in [2.45, 2.75) is 6.92 Å². The molecule has 1 aromatic carbocycles. The minimum atomic E-state index is -0.679. The van der Waals surface area contributed by atoms with Crippen LogP contribution in [0.5, 0.6) is 0 Å². The molecule has 0 heterocycles. The predicted molar refractivity (Wildman–Crippen MR) is 61.9 cm³/mol. The molecule has 1 amide bonds. The van der Waals surface area contributed by atoms with Crippen LogP contribution in [-0.2, 0) is 14.3 Å². The number of carbonyl (C=O) groups excluding carboxylic acids is 3. The van der Waals surface area contributed by atoms with Crippen LogP contribution in [0.3, 0.4) is 0 Å². The van der Waals surface area contributed by atoms with Crippen molar-refractivity contribution in [2.75, 3.05) is 19.1 Å². The number of Topliss-reactive ketones (excluding diaryl/α,β-unsaturated/α-hetero) is 1. The van der Waals surface area contributed by atoms with Gasteiger partial charge in [-0.25, -0.2) is 4.79 Å². The van der Waals surface area contributed by atoms with E-state index in [1.165, 1.54) is 27.1 Å². The van der Waals surface area contributed by atoms with Crippen molar-refractivity contribution in [3.8, 4) is 0 Å². The number of anilines is 1. The number of esters is 1. The van der Waals surface area contributed by atoms with Crippen LogP contribution in [0.15, 0.2) is 24.3 Å². The van der Waals surface area contributed by atoms with E-state index in [1.54, 1.807) is 18.2 Å². The van der Waals surface area contributed by atoms with E-state index in [-0.39, 0.29) is 5.56 Å². The first kappa shape index (κ1) is 12.9. The number of ether oxygens (including phenoxy) is 1. The van der Waals surface area contributed by atoms with Gasteiger partial charge in [0.05, 0.1) is 18.4 Å². The van der Waals surface area contributed by atoms with E-state index in [4.69, 9.17) is 0 Å². The zero-order valence-electron chi connectivity index (χ0n) is 9.89. The van der Waals surface area contributed by atoms with E-state index in [0.29, 0.717) is 5.69 Å². The quantitative estimate of drug-likeness (QED) is 0.579. The number of para-hydroxylation sites is 1. The molecule has 5 heteroatoms. The fourth-order valence-corrected chi connectivity index (χ4v) is 1.39. The highest BCUT2D eigenvalue weighted by atomic mass is 16.5. The molecular formula is C12H13NO4. The maximum absolute atomic E-state index is 11.5. The van der Waals surface area contributed by atoms with Crippen molar-refractivity contribution >= 4 is 23.3 Å². The number of rotatable bonds is 3. The summed E-state index contributed by atoms with van der Waals surface area (Å²) < 4.78 is 4.61. The lowest BCUT2D eigenvalue weighted by atomic mass is 10.1. The Morgan fingerprint density at radius 2 is 1.76 bits per heavy atom. The molecule has 0 saturated heterocycles. The Bertz CT molecular complexity index is 467. The largest absolute Gasteiger partial charge is 0.465 e. The Morgan fingerprint density at radius 1 is 1.18 bits per heavy atom. The smallest absolute Gasteiger partial charge is 0.339 e. The number of benzene rings is 1. The normalized spacial score (nSPS) is 9.59. The summed E-state index contributed by atoms with van der Waals surface area (Å²) in [5, 5.41) is 0. The molecule has 1 rings (SSSR count). The summed E-state index contributed by atoms with van der Waals surface area (Å²) in [5.74, 6) is -1.82. The number of hydrogen-bond donors (Lipinski definition) is 0. The molecule has 5 nitrogen and oxygen atoms in total. The number of ketones is 1. The van der Waals surface area contributed by atoms with Crippen molar-refractivity contribution in [2.24, 2.45) is 0 Å². The van der Waals surface area contributed by atoms with Gasteiger partial charge in [0.25, 0.3) is 5.91 Å². The Kier molecular flexibility index (Phi) is 3.98. The molecule has 0 saturated carbocycles. The van der Waals surface area contributed by atoms with Gasteiger partial charge in [-0.05, 0) is 12.1 Å². The molecule has 0 N–H and O–H groups in total. The number of amides is 1. The number of carbonyl (C=O) groups is 3. The first-order valence-electron chi connectivity index (χ1n) is 4.95. The van der Waals surface area contributed by atoms with Crippen LogP contribution in [-0.4, -0.2) is 31.8 Å². The zero-order valence-corrected chi connectivity index (χ0v) is 9.89. The molecule has 1 aromatic rings. The molecule has 17 heavy (non-hydrogen) atoms. The van der Waals surface area contributed by atoms with Gasteiger partial charge in [0, 0.05) is 14.0 Å². The molecule has 0 unspecified atom stereocenters. The maximum Gasteiger partial charge on any atom is 0.339 e. The number of likely N-dealkylation sites (N-methyl/N-ethyl adjacent to an activating group) is 1. The van der Waals surface area contributed by atoms with Crippen molar-refractivity contribution in [1.82, 2.24) is 0 Å². The van der Waals surface area contributed by atoms with Gasteiger partial charge < -0.3 is 9.64 Å². The molecule has 90 valence electrons. The van der Waals surface area contributed by atoms with Crippen molar-refractivity contribution in [3.05, 3.63) is 29.8 Å². The molecule has 0 aromatic heterocycles. The molecule has 0 fully saturated rings. The fourth-order valence-electron chi connectivity index (χ4n) is 1.39. The molecule has 0 bridgehead atoms. The summed E-state index contributed by atoms with van der Waals surface area (Å²) in [6, 6.07) is 6.44. The van der Waals surface area contributed by atoms with Gasteiger partial charge in [0.1, 0.15) is 0 Å². The lowest BCUT2D eigenvalue weighted by Gasteiger charge is -2.18. The summed E-state index contributed by atoms with van der Waals surface area (Å²) in [6.45, 7) is 1.18. The maximum atomic E-state index is 11.5. The third-order valence-corrected chi connectivity index (χ3v) is 2.28. The monoisotopic (exact) mass is 235 g/mol. The molecule has 0 atom stereocenters. The van der Waals surface area contributed by atoms with Gasteiger partial charge in [0.15, 0.2) is 0 Å². The minimum absolute atomic E-state index is 0.243. The first-order chi connectivity index (χ1) is 7.99. The van der Waals surface area contributed by atoms with Crippen molar-refractivity contribution < 1.29 is 19.1 Å². The third kappa shape index (κ3) is 2.69. The Balaban J connectivity index is 3.18. The first-order valence-corrected chi connectivity index (χ1v) is 4.95. The molecule has 0 radical (unpaired) electrons. The topological polar surface area (TPSA) is 63.7 Å². The van der Waals surface area contributed by atoms with E-state index in [9.17, 15) is 14.4 Å². The predicted octanol–water partition coefficient (Wildman–Crippen LogP) is 1.02. The van der Waals surface area contributed by atoms with Crippen LogP contribution in [0.25, 0.3) is 0 Å². The van der Waals surface area contributed by atoms with Gasteiger partial charge in [-0.15, -0.1) is 0 Å². The van der Waals surface area contributed by atoms with Gasteiger partial charge in [0.2, 0.25) is 5.78 Å². The Morgan fingerprint density at radius 3 is 2.29 bits per heavy atom. The average molecular weight is 235 g/mol. The molecule has 0 aliphatic rings. The van der Waals surface area contributed by atoms with Crippen molar-refractivity contribution in [1.29, 1.82) is 0 Å². The van der Waals surface area contributed by atoms with E-state index < -0.39 is 17.7 Å². The van der Waals surface area contributed by atoms with E-state index in [0.717, 1.165) is 4.90 Å². The number of hydrogen-bond acceptors (Lipinski definition) is 4. The lowest BCUT2D eigenvalue weighted by Crippen LogP contribution is -2.32. The van der Waals surface area contributed by atoms with Crippen molar-refractivity contribution in [3.63, 3.8) is 0 Å².